The molecule has 5 nitrogen and oxygen atoms in total. The van der Waals surface area contributed by atoms with E-state index in [9.17, 15) is 9.59 Å². The topological polar surface area (TPSA) is 64.6 Å². The molecule has 0 saturated heterocycles. The van der Waals surface area contributed by atoms with E-state index in [4.69, 9.17) is 0 Å². The predicted molar refractivity (Wildman–Crippen MR) is 55.5 cm³/mol. The Kier molecular flexibility index (Phi) is 7.62. The number of ether oxygens (including phenoxy) is 2. The second-order valence-corrected chi connectivity index (χ2v) is 3.46. The fourth-order valence-electron chi connectivity index (χ4n) is 0.746. The molecule has 88 valence electrons. The number of nitrogens with one attached hydrogen (secondary N) is 1. The number of hydrogen-bond acceptors (Lipinski definition) is 5. The van der Waals surface area contributed by atoms with E-state index in [1.54, 1.807) is 0 Å². The number of unbranched alkanes of at least 4 members (excludes halogenated alkanes) is 1. The van der Waals surface area contributed by atoms with Gasteiger partial charge in [0.25, 0.3) is 0 Å². The first-order valence-electron chi connectivity index (χ1n) is 5.17. The summed E-state index contributed by atoms with van der Waals surface area (Å²) < 4.78 is 9.03. The molecule has 0 amide bonds. The molecule has 0 aliphatic rings. The molecule has 0 aromatic carbocycles. The van der Waals surface area contributed by atoms with Crippen molar-refractivity contribution in [3.8, 4) is 0 Å². The van der Waals surface area contributed by atoms with E-state index in [1.807, 2.05) is 20.8 Å². The largest absolute Gasteiger partial charge is 0.516 e. The van der Waals surface area contributed by atoms with Gasteiger partial charge in [0, 0.05) is 6.04 Å². The SMILES string of the molecule is CCCCOC(=O)OC(=O)CNC(C)C. The monoisotopic (exact) mass is 217 g/mol. The van der Waals surface area contributed by atoms with Crippen LogP contribution in [0, 0.1) is 0 Å². The Morgan fingerprint density at radius 3 is 2.53 bits per heavy atom. The van der Waals surface area contributed by atoms with Crippen molar-refractivity contribution in [2.75, 3.05) is 13.2 Å². The van der Waals surface area contributed by atoms with Gasteiger partial charge in [-0.05, 0) is 6.42 Å². The van der Waals surface area contributed by atoms with Crippen LogP contribution in [0.15, 0.2) is 0 Å². The minimum absolute atomic E-state index is 0.0144. The fraction of sp³-hybridized carbons (Fsp3) is 0.800. The zero-order valence-electron chi connectivity index (χ0n) is 9.54. The maximum absolute atomic E-state index is 11.0. The molecule has 0 aliphatic heterocycles. The van der Waals surface area contributed by atoms with Crippen molar-refractivity contribution >= 4 is 12.1 Å². The molecule has 0 atom stereocenters. The molecule has 0 unspecified atom stereocenters. The van der Waals surface area contributed by atoms with Crippen LogP contribution in [0.4, 0.5) is 4.79 Å². The van der Waals surface area contributed by atoms with Gasteiger partial charge >= 0.3 is 12.1 Å². The molecule has 5 heteroatoms. The lowest BCUT2D eigenvalue weighted by atomic mass is 10.4. The summed E-state index contributed by atoms with van der Waals surface area (Å²) in [6.45, 7) is 6.08. The van der Waals surface area contributed by atoms with Crippen LogP contribution < -0.4 is 5.32 Å². The van der Waals surface area contributed by atoms with Crippen LogP contribution in [0.1, 0.15) is 33.6 Å². The third-order valence-corrected chi connectivity index (χ3v) is 1.57. The predicted octanol–water partition coefficient (Wildman–Crippen LogP) is 1.46. The third kappa shape index (κ3) is 9.21. The normalized spacial score (nSPS) is 10.1. The first kappa shape index (κ1) is 13.9. The highest BCUT2D eigenvalue weighted by Crippen LogP contribution is 1.92. The highest BCUT2D eigenvalue weighted by Gasteiger charge is 2.11. The highest BCUT2D eigenvalue weighted by molar-refractivity contribution is 5.83. The Morgan fingerprint density at radius 2 is 2.00 bits per heavy atom. The summed E-state index contributed by atoms with van der Waals surface area (Å²) in [5.74, 6) is -0.620. The van der Waals surface area contributed by atoms with Gasteiger partial charge in [0.2, 0.25) is 0 Å². The van der Waals surface area contributed by atoms with Gasteiger partial charge in [0.1, 0.15) is 0 Å². The smallest absolute Gasteiger partial charge is 0.434 e. The van der Waals surface area contributed by atoms with E-state index in [2.05, 4.69) is 14.8 Å². The van der Waals surface area contributed by atoms with E-state index >= 15 is 0 Å². The second-order valence-electron chi connectivity index (χ2n) is 3.46. The van der Waals surface area contributed by atoms with Gasteiger partial charge in [-0.15, -0.1) is 0 Å². The molecule has 0 rings (SSSR count). The Labute approximate surface area is 90.1 Å². The standard InChI is InChI=1S/C10H19NO4/c1-4-5-6-14-10(13)15-9(12)7-11-8(2)3/h8,11H,4-7H2,1-3H3. The molecule has 1 N–H and O–H groups in total. The molecular formula is C10H19NO4. The summed E-state index contributed by atoms with van der Waals surface area (Å²) in [5.41, 5.74) is 0. The van der Waals surface area contributed by atoms with Crippen molar-refractivity contribution in [2.24, 2.45) is 0 Å². The molecule has 0 aromatic rings. The summed E-state index contributed by atoms with van der Waals surface area (Å²) in [6.07, 6.45) is 0.780. The molecule has 0 radical (unpaired) electrons. The Hall–Kier alpha value is -1.10. The van der Waals surface area contributed by atoms with Crippen LogP contribution in [-0.4, -0.2) is 31.3 Å². The van der Waals surface area contributed by atoms with Gasteiger partial charge in [0.05, 0.1) is 13.2 Å². The zero-order valence-corrected chi connectivity index (χ0v) is 9.54. The van der Waals surface area contributed by atoms with Crippen LogP contribution in [0.3, 0.4) is 0 Å². The Bertz CT molecular complexity index is 204. The number of rotatable bonds is 6. The average molecular weight is 217 g/mol. The Balaban J connectivity index is 3.53. The molecule has 0 fully saturated rings. The van der Waals surface area contributed by atoms with E-state index in [1.165, 1.54) is 0 Å². The molecule has 15 heavy (non-hydrogen) atoms. The van der Waals surface area contributed by atoms with E-state index in [0.29, 0.717) is 6.61 Å². The van der Waals surface area contributed by atoms with E-state index in [-0.39, 0.29) is 12.6 Å². The van der Waals surface area contributed by atoms with Gasteiger partial charge in [-0.25, -0.2) is 4.79 Å². The fourth-order valence-corrected chi connectivity index (χ4v) is 0.746. The van der Waals surface area contributed by atoms with Crippen LogP contribution in [-0.2, 0) is 14.3 Å². The first-order chi connectivity index (χ1) is 7.06. The van der Waals surface area contributed by atoms with Gasteiger partial charge in [-0.2, -0.15) is 0 Å². The average Bonchev–Trinajstić information content (AvgIpc) is 2.15. The van der Waals surface area contributed by atoms with E-state index in [0.717, 1.165) is 12.8 Å². The molecular weight excluding hydrogens is 198 g/mol. The number of carbonyl (C=O) groups excluding carboxylic acids is 2. The van der Waals surface area contributed by atoms with Crippen molar-refractivity contribution in [3.63, 3.8) is 0 Å². The van der Waals surface area contributed by atoms with Crippen molar-refractivity contribution in [2.45, 2.75) is 39.7 Å². The van der Waals surface area contributed by atoms with Gasteiger partial charge in [0.15, 0.2) is 0 Å². The van der Waals surface area contributed by atoms with Crippen molar-refractivity contribution in [3.05, 3.63) is 0 Å². The van der Waals surface area contributed by atoms with Crippen molar-refractivity contribution in [1.82, 2.24) is 5.32 Å². The summed E-state index contributed by atoms with van der Waals surface area (Å²) >= 11 is 0. The van der Waals surface area contributed by atoms with Gasteiger partial charge in [-0.1, -0.05) is 27.2 Å². The zero-order chi connectivity index (χ0) is 11.7. The van der Waals surface area contributed by atoms with Crippen LogP contribution in [0.25, 0.3) is 0 Å². The van der Waals surface area contributed by atoms with Crippen LogP contribution >= 0.6 is 0 Å². The quantitative estimate of drug-likeness (QED) is 0.414. The Morgan fingerprint density at radius 1 is 1.33 bits per heavy atom. The number of esters is 1. The van der Waals surface area contributed by atoms with Crippen molar-refractivity contribution in [1.29, 1.82) is 0 Å². The maximum atomic E-state index is 11.0. The summed E-state index contributed by atoms with van der Waals surface area (Å²) in [6, 6.07) is 0.175. The maximum Gasteiger partial charge on any atom is 0.516 e. The molecule has 0 spiro atoms. The molecule has 0 aliphatic carbocycles. The summed E-state index contributed by atoms with van der Waals surface area (Å²) in [7, 11) is 0. The first-order valence-corrected chi connectivity index (χ1v) is 5.17. The molecule has 0 aromatic heterocycles. The summed E-state index contributed by atoms with van der Waals surface area (Å²) in [4.78, 5) is 21.9. The minimum atomic E-state index is -0.918. The van der Waals surface area contributed by atoms with E-state index < -0.39 is 12.1 Å². The minimum Gasteiger partial charge on any atom is -0.434 e. The van der Waals surface area contributed by atoms with Gasteiger partial charge < -0.3 is 14.8 Å². The van der Waals surface area contributed by atoms with Crippen LogP contribution in [0.2, 0.25) is 0 Å². The lowest BCUT2D eigenvalue weighted by molar-refractivity contribution is -0.138. The second kappa shape index (κ2) is 8.23. The van der Waals surface area contributed by atoms with Gasteiger partial charge in [-0.3, -0.25) is 4.79 Å². The molecule has 0 heterocycles. The third-order valence-electron chi connectivity index (χ3n) is 1.57. The molecule has 0 bridgehead atoms. The number of hydrogen-bond donors (Lipinski definition) is 1. The van der Waals surface area contributed by atoms with Crippen molar-refractivity contribution < 1.29 is 19.1 Å². The lowest BCUT2D eigenvalue weighted by Crippen LogP contribution is -2.31. The highest BCUT2D eigenvalue weighted by atomic mass is 16.7. The lowest BCUT2D eigenvalue weighted by Gasteiger charge is -2.07. The van der Waals surface area contributed by atoms with Crippen LogP contribution in [0.5, 0.6) is 0 Å². The summed E-state index contributed by atoms with van der Waals surface area (Å²) in [5, 5.41) is 2.84. The molecule has 0 saturated carbocycles. The number of carbonyl (C=O) groups is 2.